The van der Waals surface area contributed by atoms with Crippen LogP contribution in [0.2, 0.25) is 0 Å². The molecule has 33 heavy (non-hydrogen) atoms. The van der Waals surface area contributed by atoms with Crippen molar-refractivity contribution < 1.29 is 19.0 Å². The SMILES string of the molecule is CCOc1ccccc1/C=C/C(=O)Nc1ccc(OC)c(OCc2cn3ccccc3n2)c1. The summed E-state index contributed by atoms with van der Waals surface area (Å²) in [5.41, 5.74) is 3.06. The van der Waals surface area contributed by atoms with Crippen LogP contribution in [0.3, 0.4) is 0 Å². The van der Waals surface area contributed by atoms with Gasteiger partial charge in [0, 0.05) is 35.8 Å². The summed E-state index contributed by atoms with van der Waals surface area (Å²) in [6.07, 6.45) is 7.05. The second-order valence-electron chi connectivity index (χ2n) is 7.15. The van der Waals surface area contributed by atoms with Crippen molar-refractivity contribution in [2.45, 2.75) is 13.5 Å². The summed E-state index contributed by atoms with van der Waals surface area (Å²) < 4.78 is 18.9. The Morgan fingerprint density at radius 1 is 1.03 bits per heavy atom. The Kier molecular flexibility index (Phi) is 6.90. The Labute approximate surface area is 192 Å². The van der Waals surface area contributed by atoms with Crippen LogP contribution in [0.15, 0.2) is 79.1 Å². The fraction of sp³-hybridized carbons (Fsp3) is 0.154. The molecule has 2 aromatic carbocycles. The van der Waals surface area contributed by atoms with Gasteiger partial charge in [-0.25, -0.2) is 4.98 Å². The number of ether oxygens (including phenoxy) is 3. The van der Waals surface area contributed by atoms with Crippen molar-refractivity contribution in [3.8, 4) is 17.2 Å². The quantitative estimate of drug-likeness (QED) is 0.370. The smallest absolute Gasteiger partial charge is 0.248 e. The van der Waals surface area contributed by atoms with Crippen LogP contribution < -0.4 is 19.5 Å². The van der Waals surface area contributed by atoms with Gasteiger partial charge in [-0.1, -0.05) is 24.3 Å². The van der Waals surface area contributed by atoms with Crippen LogP contribution >= 0.6 is 0 Å². The minimum Gasteiger partial charge on any atom is -0.493 e. The number of rotatable bonds is 9. The summed E-state index contributed by atoms with van der Waals surface area (Å²) in [6, 6.07) is 18.6. The number of hydrogen-bond donors (Lipinski definition) is 1. The number of fused-ring (bicyclic) bond motifs is 1. The van der Waals surface area contributed by atoms with E-state index >= 15 is 0 Å². The van der Waals surface area contributed by atoms with Crippen LogP contribution in [0.1, 0.15) is 18.2 Å². The molecule has 1 amide bonds. The van der Waals surface area contributed by atoms with Crippen LogP contribution in [0.25, 0.3) is 11.7 Å². The Morgan fingerprint density at radius 3 is 2.70 bits per heavy atom. The monoisotopic (exact) mass is 443 g/mol. The normalized spacial score (nSPS) is 11.0. The van der Waals surface area contributed by atoms with Gasteiger partial charge in [0.15, 0.2) is 11.5 Å². The molecular formula is C26H25N3O4. The third-order valence-corrected chi connectivity index (χ3v) is 4.85. The number of aromatic nitrogens is 2. The molecule has 2 heterocycles. The van der Waals surface area contributed by atoms with Crippen molar-refractivity contribution >= 4 is 23.3 Å². The highest BCUT2D eigenvalue weighted by atomic mass is 16.5. The zero-order valence-corrected chi connectivity index (χ0v) is 18.5. The van der Waals surface area contributed by atoms with Crippen LogP contribution in [0, 0.1) is 0 Å². The van der Waals surface area contributed by atoms with Crippen molar-refractivity contribution in [2.24, 2.45) is 0 Å². The number of carbonyl (C=O) groups excluding carboxylic acids is 1. The average Bonchev–Trinajstić information content (AvgIpc) is 3.25. The summed E-state index contributed by atoms with van der Waals surface area (Å²) in [5.74, 6) is 1.55. The summed E-state index contributed by atoms with van der Waals surface area (Å²) in [6.45, 7) is 2.75. The molecule has 0 spiro atoms. The molecule has 0 saturated carbocycles. The molecule has 2 aromatic heterocycles. The molecule has 1 N–H and O–H groups in total. The molecule has 0 aliphatic carbocycles. The van der Waals surface area contributed by atoms with E-state index in [4.69, 9.17) is 14.2 Å². The standard InChI is InChI=1S/C26H25N3O4/c1-3-32-22-9-5-4-8-19(22)11-14-26(30)28-20-12-13-23(31-2)24(16-20)33-18-21-17-29-15-7-6-10-25(29)27-21/h4-17H,3,18H2,1-2H3,(H,28,30)/b14-11+. The number of benzene rings is 2. The number of nitrogens with one attached hydrogen (secondary N) is 1. The molecule has 0 bridgehead atoms. The molecule has 168 valence electrons. The number of amides is 1. The molecule has 0 radical (unpaired) electrons. The number of methoxy groups -OCH3 is 1. The molecule has 7 heteroatoms. The van der Waals surface area contributed by atoms with E-state index in [1.54, 1.807) is 31.4 Å². The lowest BCUT2D eigenvalue weighted by Crippen LogP contribution is -2.08. The van der Waals surface area contributed by atoms with E-state index in [2.05, 4.69) is 10.3 Å². The number of hydrogen-bond acceptors (Lipinski definition) is 5. The average molecular weight is 444 g/mol. The van der Waals surface area contributed by atoms with Crippen molar-refractivity contribution in [3.05, 3.63) is 90.4 Å². The van der Waals surface area contributed by atoms with Gasteiger partial charge in [0.25, 0.3) is 0 Å². The third-order valence-electron chi connectivity index (χ3n) is 4.85. The summed E-state index contributed by atoms with van der Waals surface area (Å²) in [4.78, 5) is 17.0. The van der Waals surface area contributed by atoms with E-state index in [0.29, 0.717) is 23.8 Å². The molecule has 0 unspecified atom stereocenters. The highest BCUT2D eigenvalue weighted by Gasteiger charge is 2.10. The van der Waals surface area contributed by atoms with Crippen LogP contribution in [0.4, 0.5) is 5.69 Å². The van der Waals surface area contributed by atoms with Crippen molar-refractivity contribution in [1.29, 1.82) is 0 Å². The number of imidazole rings is 1. The zero-order chi connectivity index (χ0) is 23.0. The van der Waals surface area contributed by atoms with Gasteiger partial charge in [0.1, 0.15) is 18.0 Å². The first-order valence-electron chi connectivity index (χ1n) is 10.6. The van der Waals surface area contributed by atoms with E-state index in [1.165, 1.54) is 6.08 Å². The lowest BCUT2D eigenvalue weighted by molar-refractivity contribution is -0.111. The highest BCUT2D eigenvalue weighted by molar-refractivity contribution is 6.02. The molecule has 0 aliphatic heterocycles. The molecule has 0 atom stereocenters. The second-order valence-corrected chi connectivity index (χ2v) is 7.15. The first kappa shape index (κ1) is 22.0. The van der Waals surface area contributed by atoms with Crippen LogP contribution in [-0.2, 0) is 11.4 Å². The second kappa shape index (κ2) is 10.4. The van der Waals surface area contributed by atoms with Gasteiger partial charge in [-0.2, -0.15) is 0 Å². The number of pyridine rings is 1. The molecular weight excluding hydrogens is 418 g/mol. The van der Waals surface area contributed by atoms with Crippen molar-refractivity contribution in [2.75, 3.05) is 19.0 Å². The van der Waals surface area contributed by atoms with Crippen molar-refractivity contribution in [1.82, 2.24) is 9.38 Å². The van der Waals surface area contributed by atoms with E-state index in [-0.39, 0.29) is 12.5 Å². The number of nitrogens with zero attached hydrogens (tertiary/aromatic N) is 2. The van der Waals surface area contributed by atoms with Gasteiger partial charge >= 0.3 is 0 Å². The van der Waals surface area contributed by atoms with Crippen LogP contribution in [0.5, 0.6) is 17.2 Å². The van der Waals surface area contributed by atoms with Gasteiger partial charge in [-0.15, -0.1) is 0 Å². The zero-order valence-electron chi connectivity index (χ0n) is 18.5. The number of para-hydroxylation sites is 1. The van der Waals surface area contributed by atoms with Crippen LogP contribution in [-0.4, -0.2) is 29.0 Å². The van der Waals surface area contributed by atoms with Gasteiger partial charge in [0.05, 0.1) is 19.4 Å². The molecule has 0 fully saturated rings. The third kappa shape index (κ3) is 5.51. The van der Waals surface area contributed by atoms with Gasteiger partial charge in [0.2, 0.25) is 5.91 Å². The lowest BCUT2D eigenvalue weighted by Gasteiger charge is -2.12. The number of anilines is 1. The summed E-state index contributed by atoms with van der Waals surface area (Å²) in [5, 5.41) is 2.85. The fourth-order valence-electron chi connectivity index (χ4n) is 3.33. The predicted molar refractivity (Wildman–Crippen MR) is 128 cm³/mol. The molecule has 0 aliphatic rings. The Balaban J connectivity index is 1.44. The molecule has 0 saturated heterocycles. The van der Waals surface area contributed by atoms with Gasteiger partial charge in [-0.3, -0.25) is 4.79 Å². The predicted octanol–water partition coefficient (Wildman–Crippen LogP) is 4.97. The minimum absolute atomic E-state index is 0.266. The molecule has 4 rings (SSSR count). The lowest BCUT2D eigenvalue weighted by atomic mass is 10.2. The Hall–Kier alpha value is -4.26. The maximum Gasteiger partial charge on any atom is 0.248 e. The Morgan fingerprint density at radius 2 is 1.88 bits per heavy atom. The first-order chi connectivity index (χ1) is 16.2. The van der Waals surface area contributed by atoms with Crippen molar-refractivity contribution in [3.63, 3.8) is 0 Å². The topological polar surface area (TPSA) is 74.1 Å². The van der Waals surface area contributed by atoms with Gasteiger partial charge < -0.3 is 23.9 Å². The van der Waals surface area contributed by atoms with E-state index in [9.17, 15) is 4.79 Å². The summed E-state index contributed by atoms with van der Waals surface area (Å²) in [7, 11) is 1.57. The van der Waals surface area contributed by atoms with E-state index in [1.807, 2.05) is 66.2 Å². The summed E-state index contributed by atoms with van der Waals surface area (Å²) >= 11 is 0. The first-order valence-corrected chi connectivity index (χ1v) is 10.6. The highest BCUT2D eigenvalue weighted by Crippen LogP contribution is 2.31. The largest absolute Gasteiger partial charge is 0.493 e. The maximum atomic E-state index is 12.5. The van der Waals surface area contributed by atoms with E-state index < -0.39 is 0 Å². The molecule has 4 aromatic rings. The molecule has 7 nitrogen and oxygen atoms in total. The van der Waals surface area contributed by atoms with E-state index in [0.717, 1.165) is 22.7 Å². The Bertz CT molecular complexity index is 1250. The fourth-order valence-corrected chi connectivity index (χ4v) is 3.33. The van der Waals surface area contributed by atoms with Gasteiger partial charge in [-0.05, 0) is 43.3 Å². The number of carbonyl (C=O) groups is 1. The maximum absolute atomic E-state index is 12.5. The minimum atomic E-state index is -0.266.